The summed E-state index contributed by atoms with van der Waals surface area (Å²) in [6.07, 6.45) is 1.11. The van der Waals surface area contributed by atoms with E-state index in [1.54, 1.807) is 23.2 Å². The van der Waals surface area contributed by atoms with Crippen molar-refractivity contribution in [1.29, 1.82) is 0 Å². The number of hydrogen-bond donors (Lipinski definition) is 2. The number of nitrogens with zero attached hydrogens (tertiary/aromatic N) is 1. The van der Waals surface area contributed by atoms with Crippen LogP contribution in [-0.4, -0.2) is 31.4 Å². The van der Waals surface area contributed by atoms with Gasteiger partial charge in [-0.1, -0.05) is 36.0 Å². The highest BCUT2D eigenvalue weighted by atomic mass is 32.2. The molecule has 0 saturated carbocycles. The van der Waals surface area contributed by atoms with Crippen LogP contribution in [0.3, 0.4) is 0 Å². The maximum absolute atomic E-state index is 12.1. The third-order valence-electron chi connectivity index (χ3n) is 4.83. The Morgan fingerprint density at radius 2 is 1.57 bits per heavy atom. The van der Waals surface area contributed by atoms with Gasteiger partial charge in [0.2, 0.25) is 5.91 Å². The summed E-state index contributed by atoms with van der Waals surface area (Å²) in [5.41, 5.74) is 3.06. The number of benzene rings is 2. The van der Waals surface area contributed by atoms with Crippen molar-refractivity contribution >= 4 is 46.3 Å². The molecule has 154 valence electrons. The zero-order valence-corrected chi connectivity index (χ0v) is 18.1. The maximum atomic E-state index is 12.1. The number of fused-ring (bicyclic) bond motifs is 2. The Kier molecular flexibility index (Phi) is 6.71. The molecule has 0 unspecified atom stereocenters. The van der Waals surface area contributed by atoms with Crippen molar-refractivity contribution in [2.24, 2.45) is 0 Å². The van der Waals surface area contributed by atoms with Gasteiger partial charge in [0.05, 0.1) is 11.4 Å². The second kappa shape index (κ2) is 9.82. The Bertz CT molecular complexity index is 975. The van der Waals surface area contributed by atoms with Crippen LogP contribution in [-0.2, 0) is 4.79 Å². The molecule has 1 aliphatic rings. The Hall–Kier alpha value is -2.77. The molecule has 2 N–H and O–H groups in total. The molecule has 0 atom stereocenters. The van der Waals surface area contributed by atoms with Gasteiger partial charge in [-0.2, -0.15) is 11.3 Å². The van der Waals surface area contributed by atoms with E-state index < -0.39 is 0 Å². The van der Waals surface area contributed by atoms with Crippen LogP contribution in [0.25, 0.3) is 0 Å². The SMILES string of the molecule is O=C(CCNC(=O)c1ccsc1)NCCCN1c2ccccc2Sc2ccccc21. The van der Waals surface area contributed by atoms with Crippen molar-refractivity contribution in [3.05, 3.63) is 70.9 Å². The standard InChI is InChI=1S/C23H23N3O2S2/c27-22(10-13-25-23(28)17-11-15-29-16-17)24-12-5-14-26-18-6-1-3-8-20(18)30-21-9-4-2-7-19(21)26/h1-4,6-9,11,15-16H,5,10,12-14H2,(H,24,27)(H,25,28). The number of anilines is 2. The molecule has 5 nitrogen and oxygen atoms in total. The number of carbonyl (C=O) groups excluding carboxylic acids is 2. The van der Waals surface area contributed by atoms with Crippen molar-refractivity contribution in [2.75, 3.05) is 24.5 Å². The van der Waals surface area contributed by atoms with E-state index in [1.807, 2.05) is 5.38 Å². The average Bonchev–Trinajstić information content (AvgIpc) is 3.31. The molecule has 1 aliphatic heterocycles. The van der Waals surface area contributed by atoms with Crippen LogP contribution in [0.15, 0.2) is 75.1 Å². The molecule has 4 rings (SSSR count). The molecule has 0 saturated heterocycles. The molecule has 0 radical (unpaired) electrons. The topological polar surface area (TPSA) is 61.4 Å². The van der Waals surface area contributed by atoms with E-state index >= 15 is 0 Å². The summed E-state index contributed by atoms with van der Waals surface area (Å²) >= 11 is 3.27. The van der Waals surface area contributed by atoms with Crippen LogP contribution in [0, 0.1) is 0 Å². The van der Waals surface area contributed by atoms with Gasteiger partial charge < -0.3 is 15.5 Å². The number of hydrogen-bond acceptors (Lipinski definition) is 5. The van der Waals surface area contributed by atoms with Crippen molar-refractivity contribution in [2.45, 2.75) is 22.6 Å². The fourth-order valence-electron chi connectivity index (χ4n) is 3.36. The van der Waals surface area contributed by atoms with Crippen LogP contribution in [0.5, 0.6) is 0 Å². The van der Waals surface area contributed by atoms with E-state index in [0.29, 0.717) is 18.7 Å². The average molecular weight is 438 g/mol. The van der Waals surface area contributed by atoms with E-state index in [9.17, 15) is 9.59 Å². The van der Waals surface area contributed by atoms with Gasteiger partial charge in [-0.3, -0.25) is 9.59 Å². The lowest BCUT2D eigenvalue weighted by Crippen LogP contribution is -2.32. The smallest absolute Gasteiger partial charge is 0.252 e. The number of thiophene rings is 1. The highest BCUT2D eigenvalue weighted by molar-refractivity contribution is 7.99. The number of amides is 2. The summed E-state index contributed by atoms with van der Waals surface area (Å²) in [5.74, 6) is -0.181. The van der Waals surface area contributed by atoms with Crippen molar-refractivity contribution in [1.82, 2.24) is 10.6 Å². The summed E-state index contributed by atoms with van der Waals surface area (Å²) in [5, 5.41) is 9.39. The normalized spacial score (nSPS) is 12.1. The monoisotopic (exact) mass is 437 g/mol. The first-order valence-corrected chi connectivity index (χ1v) is 11.7. The van der Waals surface area contributed by atoms with E-state index in [1.165, 1.54) is 32.5 Å². The van der Waals surface area contributed by atoms with Crippen LogP contribution < -0.4 is 15.5 Å². The molecule has 0 aliphatic carbocycles. The molecule has 2 heterocycles. The van der Waals surface area contributed by atoms with Crippen molar-refractivity contribution < 1.29 is 9.59 Å². The zero-order chi connectivity index (χ0) is 20.8. The Labute approximate surface area is 184 Å². The molecule has 0 fully saturated rings. The minimum Gasteiger partial charge on any atom is -0.356 e. The van der Waals surface area contributed by atoms with Crippen LogP contribution >= 0.6 is 23.1 Å². The first-order valence-electron chi connectivity index (χ1n) is 9.93. The number of rotatable bonds is 8. The van der Waals surface area contributed by atoms with E-state index in [4.69, 9.17) is 0 Å². The summed E-state index contributed by atoms with van der Waals surface area (Å²) in [7, 11) is 0. The fourth-order valence-corrected chi connectivity index (χ4v) is 5.09. The highest BCUT2D eigenvalue weighted by Gasteiger charge is 2.22. The predicted octanol–water partition coefficient (Wildman–Crippen LogP) is 4.68. The van der Waals surface area contributed by atoms with Crippen LogP contribution in [0.1, 0.15) is 23.2 Å². The van der Waals surface area contributed by atoms with Gasteiger partial charge in [-0.15, -0.1) is 0 Å². The zero-order valence-electron chi connectivity index (χ0n) is 16.5. The quantitative estimate of drug-likeness (QED) is 0.503. The molecular weight excluding hydrogens is 414 g/mol. The third kappa shape index (κ3) is 4.86. The van der Waals surface area contributed by atoms with Gasteiger partial charge in [0, 0.05) is 46.8 Å². The fraction of sp³-hybridized carbons (Fsp3) is 0.217. The predicted molar refractivity (Wildman–Crippen MR) is 123 cm³/mol. The summed E-state index contributed by atoms with van der Waals surface area (Å²) in [4.78, 5) is 28.8. The summed E-state index contributed by atoms with van der Waals surface area (Å²) in [6.45, 7) is 1.76. The summed E-state index contributed by atoms with van der Waals surface area (Å²) < 4.78 is 0. The highest BCUT2D eigenvalue weighted by Crippen LogP contribution is 2.47. The van der Waals surface area contributed by atoms with Gasteiger partial charge in [0.25, 0.3) is 5.91 Å². The largest absolute Gasteiger partial charge is 0.356 e. The first kappa shape index (κ1) is 20.5. The van der Waals surface area contributed by atoms with Crippen LogP contribution in [0.4, 0.5) is 11.4 Å². The first-order chi connectivity index (χ1) is 14.7. The number of para-hydroxylation sites is 2. The van der Waals surface area contributed by atoms with E-state index in [0.717, 1.165) is 13.0 Å². The molecule has 2 amide bonds. The Morgan fingerprint density at radius 1 is 0.867 bits per heavy atom. The van der Waals surface area contributed by atoms with Gasteiger partial charge in [0.15, 0.2) is 0 Å². The minimum absolute atomic E-state index is 0.0457. The van der Waals surface area contributed by atoms with Gasteiger partial charge in [0.1, 0.15) is 0 Å². The molecule has 0 bridgehead atoms. The minimum atomic E-state index is -0.135. The molecular formula is C23H23N3O2S2. The van der Waals surface area contributed by atoms with Gasteiger partial charge in [-0.25, -0.2) is 0 Å². The Morgan fingerprint density at radius 3 is 2.23 bits per heavy atom. The molecule has 0 spiro atoms. The van der Waals surface area contributed by atoms with Gasteiger partial charge in [-0.05, 0) is 42.1 Å². The van der Waals surface area contributed by atoms with Crippen LogP contribution in [0.2, 0.25) is 0 Å². The molecule has 1 aromatic heterocycles. The second-order valence-electron chi connectivity index (χ2n) is 6.91. The number of nitrogens with one attached hydrogen (secondary N) is 2. The molecule has 30 heavy (non-hydrogen) atoms. The van der Waals surface area contributed by atoms with Crippen molar-refractivity contribution in [3.63, 3.8) is 0 Å². The lowest BCUT2D eigenvalue weighted by molar-refractivity contribution is -0.120. The molecule has 2 aromatic carbocycles. The second-order valence-corrected chi connectivity index (χ2v) is 8.77. The third-order valence-corrected chi connectivity index (χ3v) is 6.65. The lowest BCUT2D eigenvalue weighted by atomic mass is 10.2. The van der Waals surface area contributed by atoms with E-state index in [2.05, 4.69) is 64.1 Å². The van der Waals surface area contributed by atoms with Gasteiger partial charge >= 0.3 is 0 Å². The summed E-state index contributed by atoms with van der Waals surface area (Å²) in [6, 6.07) is 18.6. The maximum Gasteiger partial charge on any atom is 0.252 e. The lowest BCUT2D eigenvalue weighted by Gasteiger charge is -2.32. The molecule has 7 heteroatoms. The number of carbonyl (C=O) groups is 2. The van der Waals surface area contributed by atoms with Crippen molar-refractivity contribution in [3.8, 4) is 0 Å². The van der Waals surface area contributed by atoms with E-state index in [-0.39, 0.29) is 18.2 Å². The molecule has 3 aromatic rings. The Balaban J connectivity index is 1.24.